The summed E-state index contributed by atoms with van der Waals surface area (Å²) in [6.07, 6.45) is 0. The van der Waals surface area contributed by atoms with Gasteiger partial charge in [-0.2, -0.15) is 0 Å². The molecule has 0 saturated carbocycles. The Kier molecular flexibility index (Phi) is 7.82. The molecule has 11 rings (SSSR count). The van der Waals surface area contributed by atoms with Crippen LogP contribution in [-0.4, -0.2) is 0 Å². The van der Waals surface area contributed by atoms with E-state index in [2.05, 4.69) is 193 Å². The van der Waals surface area contributed by atoms with Crippen LogP contribution in [0.5, 0.6) is 0 Å². The number of hydrogen-bond acceptors (Lipinski definition) is 3. The van der Waals surface area contributed by atoms with Crippen molar-refractivity contribution >= 4 is 60.9 Å². The van der Waals surface area contributed by atoms with E-state index < -0.39 is 0 Å². The number of nitrogens with zero attached hydrogens (tertiary/aromatic N) is 1. The third kappa shape index (κ3) is 5.85. The van der Waals surface area contributed by atoms with E-state index in [4.69, 9.17) is 8.83 Å². The molecule has 0 aliphatic heterocycles. The molecular weight excluding hydrogens is 695 g/mol. The molecule has 11 aromatic rings. The first-order valence-electron chi connectivity index (χ1n) is 19.3. The van der Waals surface area contributed by atoms with Crippen LogP contribution < -0.4 is 4.90 Å². The van der Waals surface area contributed by atoms with E-state index >= 15 is 0 Å². The first-order valence-corrected chi connectivity index (χ1v) is 19.3. The van der Waals surface area contributed by atoms with Gasteiger partial charge >= 0.3 is 0 Å². The Morgan fingerprint density at radius 1 is 0.246 bits per heavy atom. The molecule has 9 aromatic carbocycles. The molecule has 0 saturated heterocycles. The first-order chi connectivity index (χ1) is 28.2. The lowest BCUT2D eigenvalue weighted by atomic mass is 9.92. The molecule has 268 valence electrons. The van der Waals surface area contributed by atoms with Crippen LogP contribution >= 0.6 is 0 Å². The average Bonchev–Trinajstić information content (AvgIpc) is 3.85. The SMILES string of the molecule is c1ccc(-c2ccc(N(c3ccc(-c4ccccc4)cc3)c3ccc(-c4cc5oc6ccccc6c5cc4-c4ccc5c(c4)oc4ccccc45)cc3)cc2)cc1. The van der Waals surface area contributed by atoms with Gasteiger partial charge in [0.15, 0.2) is 0 Å². The van der Waals surface area contributed by atoms with Gasteiger partial charge in [-0.15, -0.1) is 0 Å². The van der Waals surface area contributed by atoms with Crippen molar-refractivity contribution in [2.45, 2.75) is 0 Å². The molecule has 0 fully saturated rings. The summed E-state index contributed by atoms with van der Waals surface area (Å²) in [7, 11) is 0. The minimum absolute atomic E-state index is 0.863. The van der Waals surface area contributed by atoms with E-state index in [0.717, 1.165) is 83.2 Å². The van der Waals surface area contributed by atoms with Gasteiger partial charge in [-0.25, -0.2) is 0 Å². The number of anilines is 3. The van der Waals surface area contributed by atoms with Crippen LogP contribution in [0.1, 0.15) is 0 Å². The predicted octanol–water partition coefficient (Wildman–Crippen LogP) is 15.6. The summed E-state index contributed by atoms with van der Waals surface area (Å²) in [6, 6.07) is 75.2. The molecule has 0 radical (unpaired) electrons. The quantitative estimate of drug-likeness (QED) is 0.164. The molecule has 2 heterocycles. The Labute approximate surface area is 330 Å². The molecule has 3 heteroatoms. The lowest BCUT2D eigenvalue weighted by Gasteiger charge is -2.26. The van der Waals surface area contributed by atoms with Crippen LogP contribution in [0, 0.1) is 0 Å². The van der Waals surface area contributed by atoms with Crippen LogP contribution in [0.4, 0.5) is 17.1 Å². The highest BCUT2D eigenvalue weighted by Crippen LogP contribution is 2.43. The van der Waals surface area contributed by atoms with E-state index in [1.807, 2.05) is 24.3 Å². The number of benzene rings is 9. The van der Waals surface area contributed by atoms with E-state index in [-0.39, 0.29) is 0 Å². The topological polar surface area (TPSA) is 29.5 Å². The van der Waals surface area contributed by atoms with Gasteiger partial charge in [-0.3, -0.25) is 0 Å². The summed E-state index contributed by atoms with van der Waals surface area (Å²) in [6.45, 7) is 0. The number of rotatable bonds is 7. The molecule has 0 amide bonds. The molecule has 0 N–H and O–H groups in total. The summed E-state index contributed by atoms with van der Waals surface area (Å²) < 4.78 is 12.8. The summed E-state index contributed by atoms with van der Waals surface area (Å²) >= 11 is 0. The highest BCUT2D eigenvalue weighted by atomic mass is 16.3. The van der Waals surface area contributed by atoms with Gasteiger partial charge in [0.25, 0.3) is 0 Å². The maximum atomic E-state index is 6.45. The summed E-state index contributed by atoms with van der Waals surface area (Å²) in [5.41, 5.74) is 15.9. The van der Waals surface area contributed by atoms with E-state index in [0.29, 0.717) is 0 Å². The molecule has 0 atom stereocenters. The Bertz CT molecular complexity index is 3110. The minimum atomic E-state index is 0.863. The van der Waals surface area contributed by atoms with Crippen molar-refractivity contribution in [3.63, 3.8) is 0 Å². The fourth-order valence-electron chi connectivity index (χ4n) is 8.25. The van der Waals surface area contributed by atoms with E-state index in [1.54, 1.807) is 0 Å². The minimum Gasteiger partial charge on any atom is -0.456 e. The molecule has 0 aliphatic rings. The monoisotopic (exact) mass is 729 g/mol. The van der Waals surface area contributed by atoms with Gasteiger partial charge in [0.1, 0.15) is 22.3 Å². The Hall–Kier alpha value is -7.62. The van der Waals surface area contributed by atoms with Gasteiger partial charge in [0, 0.05) is 38.6 Å². The normalized spacial score (nSPS) is 11.5. The van der Waals surface area contributed by atoms with Crippen molar-refractivity contribution in [1.82, 2.24) is 0 Å². The van der Waals surface area contributed by atoms with Gasteiger partial charge < -0.3 is 13.7 Å². The molecule has 3 nitrogen and oxygen atoms in total. The lowest BCUT2D eigenvalue weighted by Crippen LogP contribution is -2.09. The van der Waals surface area contributed by atoms with Crippen molar-refractivity contribution in [3.8, 4) is 44.5 Å². The number of fused-ring (bicyclic) bond motifs is 6. The Morgan fingerprint density at radius 3 is 1.18 bits per heavy atom. The van der Waals surface area contributed by atoms with Gasteiger partial charge in [-0.05, 0) is 117 Å². The van der Waals surface area contributed by atoms with Crippen LogP contribution in [-0.2, 0) is 0 Å². The molecule has 0 unspecified atom stereocenters. The van der Waals surface area contributed by atoms with Gasteiger partial charge in [0.2, 0.25) is 0 Å². The van der Waals surface area contributed by atoms with Gasteiger partial charge in [-0.1, -0.05) is 140 Å². The zero-order valence-electron chi connectivity index (χ0n) is 31.0. The zero-order chi connectivity index (χ0) is 37.7. The lowest BCUT2D eigenvalue weighted by molar-refractivity contribution is 0.669. The van der Waals surface area contributed by atoms with E-state index in [1.165, 1.54) is 22.3 Å². The highest BCUT2D eigenvalue weighted by molar-refractivity contribution is 6.10. The fourth-order valence-corrected chi connectivity index (χ4v) is 8.25. The predicted molar refractivity (Wildman–Crippen MR) is 237 cm³/mol. The number of hydrogen-bond donors (Lipinski definition) is 0. The summed E-state index contributed by atoms with van der Waals surface area (Å²) in [5, 5.41) is 4.44. The summed E-state index contributed by atoms with van der Waals surface area (Å²) in [4.78, 5) is 2.33. The van der Waals surface area contributed by atoms with Crippen molar-refractivity contribution in [3.05, 3.63) is 212 Å². The second-order valence-electron chi connectivity index (χ2n) is 14.5. The maximum absolute atomic E-state index is 6.45. The van der Waals surface area contributed by atoms with Crippen LogP contribution in [0.15, 0.2) is 221 Å². The molecule has 0 bridgehead atoms. The van der Waals surface area contributed by atoms with E-state index in [9.17, 15) is 0 Å². The smallest absolute Gasteiger partial charge is 0.136 e. The largest absolute Gasteiger partial charge is 0.456 e. The zero-order valence-corrected chi connectivity index (χ0v) is 31.0. The molecule has 57 heavy (non-hydrogen) atoms. The molecule has 0 aliphatic carbocycles. The Balaban J connectivity index is 1.03. The van der Waals surface area contributed by atoms with Crippen molar-refractivity contribution < 1.29 is 8.83 Å². The standard InChI is InChI=1S/C54H35NO2/c1-3-11-36(12-4-1)38-19-26-42(27-20-38)55(43-28-21-39(22-29-43)37-13-5-2-6-14-37)44-30-23-40(24-31-44)49-35-54-50(46-16-8-10-18-52(46)57-54)34-48(49)41-25-32-47-45-15-7-9-17-51(45)56-53(47)33-41/h1-35H. The van der Waals surface area contributed by atoms with Gasteiger partial charge in [0.05, 0.1) is 0 Å². The second kappa shape index (κ2) is 13.6. The Morgan fingerprint density at radius 2 is 0.632 bits per heavy atom. The van der Waals surface area contributed by atoms with Crippen LogP contribution in [0.25, 0.3) is 88.4 Å². The van der Waals surface area contributed by atoms with Crippen molar-refractivity contribution in [1.29, 1.82) is 0 Å². The third-order valence-electron chi connectivity index (χ3n) is 11.1. The number of para-hydroxylation sites is 2. The molecule has 0 spiro atoms. The number of furan rings is 2. The van der Waals surface area contributed by atoms with Crippen molar-refractivity contribution in [2.75, 3.05) is 4.90 Å². The second-order valence-corrected chi connectivity index (χ2v) is 14.5. The highest BCUT2D eigenvalue weighted by Gasteiger charge is 2.18. The average molecular weight is 730 g/mol. The van der Waals surface area contributed by atoms with Crippen LogP contribution in [0.2, 0.25) is 0 Å². The fraction of sp³-hybridized carbons (Fsp3) is 0. The molecule has 2 aromatic heterocycles. The maximum Gasteiger partial charge on any atom is 0.136 e. The molecular formula is C54H35NO2. The third-order valence-corrected chi connectivity index (χ3v) is 11.1. The van der Waals surface area contributed by atoms with Crippen LogP contribution in [0.3, 0.4) is 0 Å². The first kappa shape index (κ1) is 32.8. The van der Waals surface area contributed by atoms with Crippen molar-refractivity contribution in [2.24, 2.45) is 0 Å². The summed E-state index contributed by atoms with van der Waals surface area (Å²) in [5.74, 6) is 0.